The highest BCUT2D eigenvalue weighted by atomic mass is 14.6. The van der Waals surface area contributed by atoms with E-state index in [0.717, 1.165) is 16.7 Å². The molecule has 0 radical (unpaired) electrons. The van der Waals surface area contributed by atoms with Crippen LogP contribution in [-0.4, -0.2) is 5.71 Å². The summed E-state index contributed by atoms with van der Waals surface area (Å²) in [5.74, 6) is 0. The normalized spacial score (nSPS) is 13.9. The topological polar surface area (TPSA) is 49.9 Å². The van der Waals surface area contributed by atoms with Crippen molar-refractivity contribution < 1.29 is 0 Å². The largest absolute Gasteiger partial charge is 0.398 e. The van der Waals surface area contributed by atoms with Crippen LogP contribution in [0.3, 0.4) is 0 Å². The highest BCUT2D eigenvalue weighted by Crippen LogP contribution is 2.65. The van der Waals surface area contributed by atoms with Crippen molar-refractivity contribution in [3.63, 3.8) is 0 Å². The molecule has 54 heavy (non-hydrogen) atoms. The third-order valence-electron chi connectivity index (χ3n) is 11.6. The molecule has 2 aliphatic carbocycles. The maximum absolute atomic E-state index is 8.55. The third-order valence-corrected chi connectivity index (χ3v) is 11.6. The first kappa shape index (κ1) is 31.7. The summed E-state index contributed by atoms with van der Waals surface area (Å²) >= 11 is 0. The molecule has 0 fully saturated rings. The molecule has 8 aromatic carbocycles. The van der Waals surface area contributed by atoms with Gasteiger partial charge in [-0.25, -0.2) is 0 Å². The van der Waals surface area contributed by atoms with Crippen molar-refractivity contribution in [2.75, 3.05) is 0 Å². The molecule has 3 N–H and O–H groups in total. The number of hydrogen-bond acceptors (Lipinski definition) is 2. The van der Waals surface area contributed by atoms with Gasteiger partial charge in [0.25, 0.3) is 0 Å². The first-order valence-electron chi connectivity index (χ1n) is 18.4. The zero-order valence-corrected chi connectivity index (χ0v) is 29.7. The summed E-state index contributed by atoms with van der Waals surface area (Å²) in [7, 11) is 0. The van der Waals surface area contributed by atoms with Crippen molar-refractivity contribution in [2.45, 2.75) is 5.41 Å². The van der Waals surface area contributed by atoms with Crippen molar-refractivity contribution in [1.29, 1.82) is 5.41 Å². The van der Waals surface area contributed by atoms with E-state index in [1.165, 1.54) is 76.8 Å². The molecule has 0 atom stereocenters. The van der Waals surface area contributed by atoms with Crippen LogP contribution in [0.5, 0.6) is 0 Å². The van der Waals surface area contributed by atoms with Crippen molar-refractivity contribution in [3.05, 3.63) is 223 Å². The van der Waals surface area contributed by atoms with Gasteiger partial charge in [0.2, 0.25) is 0 Å². The average molecular weight is 689 g/mol. The van der Waals surface area contributed by atoms with E-state index in [1.807, 2.05) is 12.1 Å². The summed E-state index contributed by atoms with van der Waals surface area (Å²) < 4.78 is 0. The van der Waals surface area contributed by atoms with Gasteiger partial charge in [0, 0.05) is 5.70 Å². The van der Waals surface area contributed by atoms with Gasteiger partial charge in [0.1, 0.15) is 0 Å². The van der Waals surface area contributed by atoms with Crippen LogP contribution in [-0.2, 0) is 5.41 Å². The number of allylic oxidation sites excluding steroid dienone is 5. The van der Waals surface area contributed by atoms with Crippen LogP contribution in [0.1, 0.15) is 27.8 Å². The first-order chi connectivity index (χ1) is 26.5. The van der Waals surface area contributed by atoms with E-state index in [-0.39, 0.29) is 5.71 Å². The number of fused-ring (bicyclic) bond motifs is 16. The van der Waals surface area contributed by atoms with Crippen molar-refractivity contribution in [2.24, 2.45) is 5.73 Å². The van der Waals surface area contributed by atoms with Crippen LogP contribution in [0.2, 0.25) is 0 Å². The Labute approximate surface area is 315 Å². The monoisotopic (exact) mass is 688 g/mol. The van der Waals surface area contributed by atoms with Gasteiger partial charge in [-0.15, -0.1) is 0 Å². The van der Waals surface area contributed by atoms with Gasteiger partial charge in [0.15, 0.2) is 0 Å². The Bertz CT molecular complexity index is 2960. The maximum Gasteiger partial charge on any atom is 0.0731 e. The molecular weight excluding hydrogens is 653 g/mol. The SMILES string of the molecule is C=C/C=C(\C=C)C(=N)/C=C(\N)c1cccc(-c2ccc3cc4c(cc3c2)C2(c3ccccc3-c3ccccc32)c2c-4c3ccccc3c3ccccc23)c1. The van der Waals surface area contributed by atoms with E-state index in [4.69, 9.17) is 11.1 Å². The lowest BCUT2D eigenvalue weighted by atomic mass is 9.69. The zero-order valence-electron chi connectivity index (χ0n) is 29.7. The molecule has 0 heterocycles. The molecule has 10 rings (SSSR count). The minimum atomic E-state index is -0.486. The molecule has 0 saturated carbocycles. The van der Waals surface area contributed by atoms with Crippen LogP contribution in [0.15, 0.2) is 195 Å². The lowest BCUT2D eigenvalue weighted by Crippen LogP contribution is -2.26. The Morgan fingerprint density at radius 2 is 1.19 bits per heavy atom. The Hall–Kier alpha value is -7.03. The maximum atomic E-state index is 8.55. The Kier molecular flexibility index (Phi) is 7.05. The molecule has 0 bridgehead atoms. The molecule has 0 aromatic heterocycles. The van der Waals surface area contributed by atoms with Crippen LogP contribution in [0, 0.1) is 5.41 Å². The van der Waals surface area contributed by atoms with Crippen LogP contribution in [0.4, 0.5) is 0 Å². The van der Waals surface area contributed by atoms with Crippen LogP contribution >= 0.6 is 0 Å². The number of hydrogen-bond donors (Lipinski definition) is 2. The molecule has 2 heteroatoms. The smallest absolute Gasteiger partial charge is 0.0731 e. The van der Waals surface area contributed by atoms with E-state index >= 15 is 0 Å². The molecule has 254 valence electrons. The molecule has 0 saturated heterocycles. The number of nitrogens with two attached hydrogens (primary N) is 1. The van der Waals surface area contributed by atoms with E-state index < -0.39 is 5.41 Å². The van der Waals surface area contributed by atoms with Gasteiger partial charge >= 0.3 is 0 Å². The Balaban J connectivity index is 1.23. The third kappa shape index (κ3) is 4.38. The van der Waals surface area contributed by atoms with Crippen molar-refractivity contribution >= 4 is 43.7 Å². The summed E-state index contributed by atoms with van der Waals surface area (Å²) in [6, 6.07) is 55.9. The number of benzene rings is 8. The average Bonchev–Trinajstić information content (AvgIpc) is 3.69. The molecule has 0 unspecified atom stereocenters. The molecule has 0 amide bonds. The van der Waals surface area contributed by atoms with Crippen molar-refractivity contribution in [3.8, 4) is 33.4 Å². The van der Waals surface area contributed by atoms with E-state index in [9.17, 15) is 0 Å². The van der Waals surface area contributed by atoms with E-state index in [0.29, 0.717) is 11.3 Å². The Morgan fingerprint density at radius 1 is 0.556 bits per heavy atom. The highest BCUT2D eigenvalue weighted by molar-refractivity contribution is 6.20. The standard InChI is InChI=1S/C52H36N2/c1-3-14-32(4-2)48(53)31-49(54)36-16-13-15-33(27-36)34-25-26-35-29-44-47(30-37(35)28-34)52(45-23-11-9-19-40(45)41-20-10-12-24-46(41)52)51-43-22-8-6-18-39(43)38-17-5-7-21-42(38)50(44)51/h3-31,53H,1-2,54H2/b32-14+,49-31-,53-48?. The lowest BCUT2D eigenvalue weighted by molar-refractivity contribution is 0.803. The van der Waals surface area contributed by atoms with Gasteiger partial charge in [-0.3, -0.25) is 0 Å². The van der Waals surface area contributed by atoms with Gasteiger partial charge in [0.05, 0.1) is 11.1 Å². The lowest BCUT2D eigenvalue weighted by Gasteiger charge is -2.32. The molecule has 0 aliphatic heterocycles. The summed E-state index contributed by atoms with van der Waals surface area (Å²) in [6.45, 7) is 7.59. The quantitative estimate of drug-likeness (QED) is 0.102. The Morgan fingerprint density at radius 3 is 1.89 bits per heavy atom. The molecule has 1 spiro atoms. The number of nitrogens with one attached hydrogen (secondary N) is 1. The van der Waals surface area contributed by atoms with Gasteiger partial charge in [-0.2, -0.15) is 0 Å². The second-order valence-corrected chi connectivity index (χ2v) is 14.3. The van der Waals surface area contributed by atoms with Gasteiger partial charge < -0.3 is 11.1 Å². The molecule has 2 nitrogen and oxygen atoms in total. The second kappa shape index (κ2) is 12.0. The van der Waals surface area contributed by atoms with Crippen LogP contribution < -0.4 is 5.73 Å². The van der Waals surface area contributed by atoms with Gasteiger partial charge in [-0.05, 0) is 129 Å². The highest BCUT2D eigenvalue weighted by Gasteiger charge is 2.53. The summed E-state index contributed by atoms with van der Waals surface area (Å²) in [5.41, 5.74) is 21.2. The summed E-state index contributed by atoms with van der Waals surface area (Å²) in [6.07, 6.45) is 6.74. The summed E-state index contributed by atoms with van der Waals surface area (Å²) in [5, 5.41) is 16.1. The fourth-order valence-corrected chi connectivity index (χ4v) is 9.33. The first-order valence-corrected chi connectivity index (χ1v) is 18.4. The van der Waals surface area contributed by atoms with Crippen LogP contribution in [0.25, 0.3) is 71.4 Å². The van der Waals surface area contributed by atoms with E-state index in [2.05, 4.69) is 153 Å². The minimum absolute atomic E-state index is 0.290. The molecule has 8 aromatic rings. The molecular formula is C52H36N2. The number of rotatable bonds is 6. The summed E-state index contributed by atoms with van der Waals surface area (Å²) in [4.78, 5) is 0. The van der Waals surface area contributed by atoms with Gasteiger partial charge in [-0.1, -0.05) is 159 Å². The fraction of sp³-hybridized carbons (Fsp3) is 0.0192. The zero-order chi connectivity index (χ0) is 36.6. The minimum Gasteiger partial charge on any atom is -0.398 e. The fourth-order valence-electron chi connectivity index (χ4n) is 9.33. The predicted molar refractivity (Wildman–Crippen MR) is 229 cm³/mol. The predicted octanol–water partition coefficient (Wildman–Crippen LogP) is 12.8. The van der Waals surface area contributed by atoms with E-state index in [1.54, 1.807) is 24.3 Å². The van der Waals surface area contributed by atoms with Crippen molar-refractivity contribution in [1.82, 2.24) is 0 Å². The second-order valence-electron chi connectivity index (χ2n) is 14.3. The molecule has 2 aliphatic rings.